The minimum atomic E-state index is -1.05. The highest BCUT2D eigenvalue weighted by atomic mass is 16.5. The first-order valence-corrected chi connectivity index (χ1v) is 9.09. The van der Waals surface area contributed by atoms with E-state index >= 15 is 0 Å². The van der Waals surface area contributed by atoms with Gasteiger partial charge in [-0.2, -0.15) is 0 Å². The highest BCUT2D eigenvalue weighted by molar-refractivity contribution is 5.95. The van der Waals surface area contributed by atoms with E-state index in [1.165, 1.54) is 16.7 Å². The van der Waals surface area contributed by atoms with Crippen LogP contribution in [0.2, 0.25) is 0 Å². The molecule has 0 saturated carbocycles. The quantitative estimate of drug-likeness (QED) is 0.888. The Labute approximate surface area is 157 Å². The molecule has 2 aliphatic rings. The molecular weight excluding hydrogens is 348 g/mol. The minimum absolute atomic E-state index is 0.0434. The predicted octanol–water partition coefficient (Wildman–Crippen LogP) is 2.16. The van der Waals surface area contributed by atoms with Crippen LogP contribution in [0.15, 0.2) is 41.0 Å². The van der Waals surface area contributed by atoms with Crippen molar-refractivity contribution < 1.29 is 23.8 Å². The molecule has 1 N–H and O–H groups in total. The van der Waals surface area contributed by atoms with Crippen molar-refractivity contribution in [2.24, 2.45) is 0 Å². The first-order chi connectivity index (χ1) is 13.0. The molecule has 1 saturated heterocycles. The summed E-state index contributed by atoms with van der Waals surface area (Å²) in [6, 6.07) is 10.2. The summed E-state index contributed by atoms with van der Waals surface area (Å²) < 4.78 is 10.8. The van der Waals surface area contributed by atoms with Crippen LogP contribution < -0.4 is 4.90 Å². The Kier molecular flexibility index (Phi) is 4.61. The number of fused-ring (bicyclic) bond motifs is 1. The van der Waals surface area contributed by atoms with Crippen LogP contribution >= 0.6 is 0 Å². The number of morpholine rings is 1. The lowest BCUT2D eigenvalue weighted by Crippen LogP contribution is -2.48. The van der Waals surface area contributed by atoms with E-state index in [4.69, 9.17) is 14.3 Å². The number of ether oxygens (including phenoxy) is 1. The zero-order valence-corrected chi connectivity index (χ0v) is 15.1. The normalized spacial score (nSPS) is 22.0. The van der Waals surface area contributed by atoms with Crippen LogP contribution in [0.25, 0.3) is 0 Å². The third-order valence-electron chi connectivity index (χ3n) is 5.27. The van der Waals surface area contributed by atoms with Crippen LogP contribution in [0, 0.1) is 0 Å². The zero-order valence-electron chi connectivity index (χ0n) is 15.1. The molecule has 7 heteroatoms. The maximum atomic E-state index is 12.9. The number of furan rings is 1. The molecule has 2 aromatic rings. The van der Waals surface area contributed by atoms with Gasteiger partial charge >= 0.3 is 5.97 Å². The van der Waals surface area contributed by atoms with Gasteiger partial charge < -0.3 is 24.1 Å². The fourth-order valence-electron chi connectivity index (χ4n) is 3.83. The number of para-hydroxylation sites is 1. The molecule has 4 rings (SSSR count). The number of carbonyl (C=O) groups excluding carboxylic acids is 1. The molecule has 7 nitrogen and oxygen atoms in total. The van der Waals surface area contributed by atoms with E-state index < -0.39 is 12.1 Å². The predicted molar refractivity (Wildman–Crippen MR) is 97.8 cm³/mol. The highest BCUT2D eigenvalue weighted by Gasteiger charge is 2.32. The average molecular weight is 370 g/mol. The minimum Gasteiger partial charge on any atom is -0.479 e. The Bertz CT molecular complexity index is 862. The first kappa shape index (κ1) is 17.6. The molecule has 0 bridgehead atoms. The van der Waals surface area contributed by atoms with E-state index in [9.17, 15) is 9.59 Å². The molecule has 2 aliphatic heterocycles. The highest BCUT2D eigenvalue weighted by Crippen LogP contribution is 2.33. The van der Waals surface area contributed by atoms with Crippen molar-refractivity contribution in [3.8, 4) is 0 Å². The Morgan fingerprint density at radius 3 is 2.89 bits per heavy atom. The molecule has 2 unspecified atom stereocenters. The topological polar surface area (TPSA) is 83.2 Å². The van der Waals surface area contributed by atoms with Crippen molar-refractivity contribution in [2.45, 2.75) is 32.0 Å². The van der Waals surface area contributed by atoms with Gasteiger partial charge in [-0.25, -0.2) is 4.79 Å². The summed E-state index contributed by atoms with van der Waals surface area (Å²) in [5.74, 6) is -0.669. The van der Waals surface area contributed by atoms with Gasteiger partial charge in [0.25, 0.3) is 5.91 Å². The van der Waals surface area contributed by atoms with Gasteiger partial charge in [-0.1, -0.05) is 18.2 Å². The lowest BCUT2D eigenvalue weighted by Gasteiger charge is -2.31. The largest absolute Gasteiger partial charge is 0.479 e. The van der Waals surface area contributed by atoms with Crippen LogP contribution in [0.5, 0.6) is 0 Å². The van der Waals surface area contributed by atoms with Crippen molar-refractivity contribution in [3.05, 3.63) is 53.5 Å². The summed E-state index contributed by atoms with van der Waals surface area (Å²) in [6.45, 7) is 3.28. The third-order valence-corrected chi connectivity index (χ3v) is 5.27. The first-order valence-electron chi connectivity index (χ1n) is 9.09. The van der Waals surface area contributed by atoms with E-state index in [2.05, 4.69) is 24.0 Å². The van der Waals surface area contributed by atoms with Crippen LogP contribution in [0.4, 0.5) is 5.69 Å². The number of nitrogens with zero attached hydrogens (tertiary/aromatic N) is 2. The summed E-state index contributed by atoms with van der Waals surface area (Å²) in [5, 5.41) is 9.15. The van der Waals surface area contributed by atoms with E-state index in [0.717, 1.165) is 12.1 Å². The number of benzene rings is 1. The van der Waals surface area contributed by atoms with Gasteiger partial charge in [-0.05, 0) is 31.0 Å². The fourth-order valence-corrected chi connectivity index (χ4v) is 3.83. The Hall–Kier alpha value is -2.80. The van der Waals surface area contributed by atoms with E-state index in [0.29, 0.717) is 30.5 Å². The molecule has 27 heavy (non-hydrogen) atoms. The third kappa shape index (κ3) is 3.30. The van der Waals surface area contributed by atoms with E-state index in [-0.39, 0.29) is 19.1 Å². The summed E-state index contributed by atoms with van der Waals surface area (Å²) in [6.07, 6.45) is 1.50. The number of carboxylic acid groups (broad SMARTS) is 1. The number of carbonyl (C=O) groups is 2. The number of anilines is 1. The van der Waals surface area contributed by atoms with E-state index in [1.807, 2.05) is 12.1 Å². The van der Waals surface area contributed by atoms with Crippen molar-refractivity contribution in [1.29, 1.82) is 0 Å². The number of aliphatic carboxylic acids is 1. The smallest absolute Gasteiger partial charge is 0.334 e. The van der Waals surface area contributed by atoms with Crippen LogP contribution in [-0.4, -0.2) is 53.7 Å². The number of rotatable bonds is 4. The molecule has 0 spiro atoms. The molecule has 2 atom stereocenters. The Morgan fingerprint density at radius 2 is 2.07 bits per heavy atom. The monoisotopic (exact) mass is 370 g/mol. The lowest BCUT2D eigenvalue weighted by atomic mass is 10.1. The van der Waals surface area contributed by atoms with Gasteiger partial charge in [0.05, 0.1) is 31.5 Å². The summed E-state index contributed by atoms with van der Waals surface area (Å²) >= 11 is 0. The van der Waals surface area contributed by atoms with Crippen LogP contribution in [0.1, 0.15) is 28.6 Å². The zero-order chi connectivity index (χ0) is 19.0. The second-order valence-corrected chi connectivity index (χ2v) is 7.02. The summed E-state index contributed by atoms with van der Waals surface area (Å²) in [4.78, 5) is 27.9. The van der Waals surface area contributed by atoms with Gasteiger partial charge in [0.1, 0.15) is 5.76 Å². The van der Waals surface area contributed by atoms with Gasteiger partial charge in [0.15, 0.2) is 6.10 Å². The van der Waals surface area contributed by atoms with Gasteiger partial charge in [-0.3, -0.25) is 4.79 Å². The maximum Gasteiger partial charge on any atom is 0.334 e. The number of hydrogen-bond donors (Lipinski definition) is 1. The Balaban J connectivity index is 1.53. The molecular formula is C20H22N2O5. The van der Waals surface area contributed by atoms with Gasteiger partial charge in [0, 0.05) is 18.3 Å². The van der Waals surface area contributed by atoms with Crippen molar-refractivity contribution >= 4 is 17.6 Å². The van der Waals surface area contributed by atoms with Crippen molar-refractivity contribution in [2.75, 3.05) is 24.6 Å². The molecule has 3 heterocycles. The molecule has 0 radical (unpaired) electrons. The Morgan fingerprint density at radius 1 is 1.26 bits per heavy atom. The average Bonchev–Trinajstić information content (AvgIpc) is 3.26. The van der Waals surface area contributed by atoms with Crippen LogP contribution in [0.3, 0.4) is 0 Å². The molecule has 142 valence electrons. The lowest BCUT2D eigenvalue weighted by molar-refractivity contribution is -0.154. The van der Waals surface area contributed by atoms with Crippen LogP contribution in [-0.2, 0) is 22.5 Å². The SMILES string of the molecule is CC1Cc2ccccc2N1Cc1occc1C(=O)N1CCOC(C(=O)O)C1. The standard InChI is InChI=1S/C20H22N2O5/c1-13-10-14-4-2-3-5-16(14)22(13)12-17-15(6-8-26-17)19(23)21-7-9-27-18(11-21)20(24)25/h2-6,8,13,18H,7,9-12H2,1H3,(H,24,25). The van der Waals surface area contributed by atoms with Gasteiger partial charge in [-0.15, -0.1) is 0 Å². The summed E-state index contributed by atoms with van der Waals surface area (Å²) in [7, 11) is 0. The molecule has 0 aliphatic carbocycles. The van der Waals surface area contributed by atoms with Crippen molar-refractivity contribution in [3.63, 3.8) is 0 Å². The van der Waals surface area contributed by atoms with E-state index in [1.54, 1.807) is 6.07 Å². The fraction of sp³-hybridized carbons (Fsp3) is 0.400. The second-order valence-electron chi connectivity index (χ2n) is 7.02. The number of hydrogen-bond acceptors (Lipinski definition) is 5. The molecule has 1 aromatic carbocycles. The molecule has 1 amide bonds. The molecule has 1 fully saturated rings. The van der Waals surface area contributed by atoms with Crippen molar-refractivity contribution in [1.82, 2.24) is 4.90 Å². The van der Waals surface area contributed by atoms with Gasteiger partial charge in [0.2, 0.25) is 0 Å². The molecule has 1 aromatic heterocycles. The summed E-state index contributed by atoms with van der Waals surface area (Å²) in [5.41, 5.74) is 2.94. The maximum absolute atomic E-state index is 12.9. The second kappa shape index (κ2) is 7.08. The number of amides is 1. The number of carboxylic acids is 1.